The first-order chi connectivity index (χ1) is 2.93. The second-order valence-electron chi connectivity index (χ2n) is 1.38. The summed E-state index contributed by atoms with van der Waals surface area (Å²) in [6.45, 7) is 2.04. The Bertz CT molecular complexity index is 66.3. The average Bonchev–Trinajstić information content (AvgIpc) is 1.31. The number of rotatable bonds is 1. The number of nitrogens with one attached hydrogen (secondary N) is 1. The standard InChI is InChI=1S/C5H8N/c1-2-5-3-4-6-5/h2-6H,1H3. The number of hydrogen-bond acceptors (Lipinski definition) is 1. The summed E-state index contributed by atoms with van der Waals surface area (Å²) in [5.74, 6) is 0. The Hall–Kier alpha value is -0.460. The molecule has 1 N–H and O–H groups in total. The quantitative estimate of drug-likeness (QED) is 0.491. The Morgan fingerprint density at radius 1 is 1.83 bits per heavy atom. The molecular formula is C5H8N. The molecule has 0 spiro atoms. The monoisotopic (exact) mass is 82.1 g/mol. The zero-order valence-corrected chi connectivity index (χ0v) is 3.81. The first-order valence-corrected chi connectivity index (χ1v) is 2.15. The van der Waals surface area contributed by atoms with Gasteiger partial charge in [0.15, 0.2) is 0 Å². The van der Waals surface area contributed by atoms with E-state index in [1.165, 1.54) is 0 Å². The van der Waals surface area contributed by atoms with E-state index in [0.717, 1.165) is 0 Å². The molecule has 0 fully saturated rings. The summed E-state index contributed by atoms with van der Waals surface area (Å²) in [5, 5.41) is 3.06. The average molecular weight is 82.1 g/mol. The van der Waals surface area contributed by atoms with Crippen molar-refractivity contribution < 1.29 is 0 Å². The zero-order chi connectivity index (χ0) is 4.41. The SMILES string of the molecule is C[CH]C1C=CN1. The highest BCUT2D eigenvalue weighted by atomic mass is 14.9. The summed E-state index contributed by atoms with van der Waals surface area (Å²) in [6.07, 6.45) is 6.17. The third kappa shape index (κ3) is 0.402. The molecule has 0 bridgehead atoms. The van der Waals surface area contributed by atoms with E-state index >= 15 is 0 Å². The van der Waals surface area contributed by atoms with E-state index in [2.05, 4.69) is 17.8 Å². The van der Waals surface area contributed by atoms with Crippen LogP contribution in [-0.4, -0.2) is 6.04 Å². The molecule has 1 aliphatic heterocycles. The van der Waals surface area contributed by atoms with Crippen LogP contribution in [0.4, 0.5) is 0 Å². The molecule has 0 aromatic rings. The summed E-state index contributed by atoms with van der Waals surface area (Å²) >= 11 is 0. The van der Waals surface area contributed by atoms with Gasteiger partial charge >= 0.3 is 0 Å². The molecule has 1 unspecified atom stereocenters. The van der Waals surface area contributed by atoms with Gasteiger partial charge in [0.25, 0.3) is 0 Å². The minimum absolute atomic E-state index is 0.560. The Balaban J connectivity index is 2.21. The maximum atomic E-state index is 3.06. The molecule has 1 heteroatoms. The van der Waals surface area contributed by atoms with Gasteiger partial charge in [-0.2, -0.15) is 0 Å². The first kappa shape index (κ1) is 3.72. The van der Waals surface area contributed by atoms with Gasteiger partial charge in [0, 0.05) is 6.04 Å². The maximum absolute atomic E-state index is 3.06. The lowest BCUT2D eigenvalue weighted by molar-refractivity contribution is 0.719. The second-order valence-corrected chi connectivity index (χ2v) is 1.38. The van der Waals surface area contributed by atoms with Crippen molar-refractivity contribution in [2.45, 2.75) is 13.0 Å². The lowest BCUT2D eigenvalue weighted by atomic mass is 10.2. The van der Waals surface area contributed by atoms with Gasteiger partial charge in [0.05, 0.1) is 0 Å². The van der Waals surface area contributed by atoms with E-state index in [1.807, 2.05) is 13.1 Å². The summed E-state index contributed by atoms with van der Waals surface area (Å²) < 4.78 is 0. The highest BCUT2D eigenvalue weighted by Crippen LogP contribution is 1.97. The van der Waals surface area contributed by atoms with Crippen molar-refractivity contribution in [2.75, 3.05) is 0 Å². The smallest absolute Gasteiger partial charge is 0.0484 e. The normalized spacial score (nSPS) is 28.5. The third-order valence-corrected chi connectivity index (χ3v) is 0.951. The van der Waals surface area contributed by atoms with Crippen LogP contribution in [0, 0.1) is 6.42 Å². The molecule has 1 nitrogen and oxygen atoms in total. The molecule has 0 amide bonds. The van der Waals surface area contributed by atoms with Gasteiger partial charge in [-0.3, -0.25) is 0 Å². The van der Waals surface area contributed by atoms with Crippen LogP contribution in [0.15, 0.2) is 12.3 Å². The van der Waals surface area contributed by atoms with Crippen LogP contribution >= 0.6 is 0 Å². The van der Waals surface area contributed by atoms with Gasteiger partial charge in [-0.15, -0.1) is 0 Å². The summed E-state index contributed by atoms with van der Waals surface area (Å²) in [7, 11) is 0. The van der Waals surface area contributed by atoms with Crippen LogP contribution in [0.25, 0.3) is 0 Å². The van der Waals surface area contributed by atoms with E-state index in [1.54, 1.807) is 0 Å². The van der Waals surface area contributed by atoms with E-state index in [0.29, 0.717) is 6.04 Å². The van der Waals surface area contributed by atoms with Crippen LogP contribution < -0.4 is 5.32 Å². The Kier molecular flexibility index (Phi) is 0.825. The van der Waals surface area contributed by atoms with Gasteiger partial charge in [-0.05, 0) is 18.7 Å². The van der Waals surface area contributed by atoms with E-state index in [9.17, 15) is 0 Å². The molecule has 0 saturated heterocycles. The Morgan fingerprint density at radius 2 is 2.50 bits per heavy atom. The van der Waals surface area contributed by atoms with Crippen molar-refractivity contribution in [3.05, 3.63) is 18.7 Å². The molecule has 1 aliphatic rings. The van der Waals surface area contributed by atoms with Crippen LogP contribution in [0.1, 0.15) is 6.92 Å². The molecule has 1 rings (SSSR count). The van der Waals surface area contributed by atoms with Crippen molar-refractivity contribution in [3.8, 4) is 0 Å². The fraction of sp³-hybridized carbons (Fsp3) is 0.400. The highest BCUT2D eigenvalue weighted by Gasteiger charge is 2.02. The topological polar surface area (TPSA) is 12.0 Å². The number of hydrogen-bond donors (Lipinski definition) is 1. The molecule has 0 aromatic heterocycles. The van der Waals surface area contributed by atoms with E-state index in [-0.39, 0.29) is 0 Å². The van der Waals surface area contributed by atoms with Gasteiger partial charge in [-0.25, -0.2) is 0 Å². The van der Waals surface area contributed by atoms with E-state index < -0.39 is 0 Å². The Morgan fingerprint density at radius 3 is 2.50 bits per heavy atom. The lowest BCUT2D eigenvalue weighted by Gasteiger charge is -2.17. The highest BCUT2D eigenvalue weighted by molar-refractivity contribution is 5.09. The fourth-order valence-corrected chi connectivity index (χ4v) is 0.415. The van der Waals surface area contributed by atoms with Crippen LogP contribution in [-0.2, 0) is 0 Å². The first-order valence-electron chi connectivity index (χ1n) is 2.15. The molecule has 1 atom stereocenters. The largest absolute Gasteiger partial charge is 0.385 e. The third-order valence-electron chi connectivity index (χ3n) is 0.951. The molecule has 33 valence electrons. The summed E-state index contributed by atoms with van der Waals surface area (Å²) in [4.78, 5) is 0. The molecule has 0 aliphatic carbocycles. The molecule has 1 heterocycles. The predicted octanol–water partition coefficient (Wildman–Crippen LogP) is 0.696. The zero-order valence-electron chi connectivity index (χ0n) is 3.81. The molecule has 6 heavy (non-hydrogen) atoms. The van der Waals surface area contributed by atoms with Crippen LogP contribution in [0.5, 0.6) is 0 Å². The van der Waals surface area contributed by atoms with Crippen molar-refractivity contribution in [1.29, 1.82) is 0 Å². The Labute approximate surface area is 38.1 Å². The van der Waals surface area contributed by atoms with Gasteiger partial charge in [0.1, 0.15) is 0 Å². The van der Waals surface area contributed by atoms with Crippen molar-refractivity contribution in [3.63, 3.8) is 0 Å². The minimum atomic E-state index is 0.560. The second kappa shape index (κ2) is 1.33. The molecule has 1 radical (unpaired) electrons. The van der Waals surface area contributed by atoms with Crippen molar-refractivity contribution in [1.82, 2.24) is 5.32 Å². The predicted molar refractivity (Wildman–Crippen MR) is 26.0 cm³/mol. The summed E-state index contributed by atoms with van der Waals surface area (Å²) in [6, 6.07) is 0.560. The van der Waals surface area contributed by atoms with Gasteiger partial charge < -0.3 is 5.32 Å². The van der Waals surface area contributed by atoms with Gasteiger partial charge in [0.2, 0.25) is 0 Å². The summed E-state index contributed by atoms with van der Waals surface area (Å²) in [5.41, 5.74) is 0. The molecular weight excluding hydrogens is 74.1 g/mol. The van der Waals surface area contributed by atoms with E-state index in [4.69, 9.17) is 0 Å². The minimum Gasteiger partial charge on any atom is -0.385 e. The van der Waals surface area contributed by atoms with Gasteiger partial charge in [-0.1, -0.05) is 6.92 Å². The maximum Gasteiger partial charge on any atom is 0.0484 e. The van der Waals surface area contributed by atoms with Crippen LogP contribution in [0.3, 0.4) is 0 Å². The van der Waals surface area contributed by atoms with Crippen molar-refractivity contribution in [2.24, 2.45) is 0 Å². The van der Waals surface area contributed by atoms with Crippen LogP contribution in [0.2, 0.25) is 0 Å². The molecule has 0 aromatic carbocycles. The van der Waals surface area contributed by atoms with Crippen molar-refractivity contribution >= 4 is 0 Å². The molecule has 0 saturated carbocycles. The fourth-order valence-electron chi connectivity index (χ4n) is 0.415. The lowest BCUT2D eigenvalue weighted by Crippen LogP contribution is -2.29.